The first-order valence-electron chi connectivity index (χ1n) is 8.82. The second-order valence-corrected chi connectivity index (χ2v) is 6.26. The summed E-state index contributed by atoms with van der Waals surface area (Å²) in [4.78, 5) is 28.4. The number of ether oxygens (including phenoxy) is 1. The molecule has 0 radical (unpaired) electrons. The van der Waals surface area contributed by atoms with Crippen molar-refractivity contribution in [3.63, 3.8) is 0 Å². The summed E-state index contributed by atoms with van der Waals surface area (Å²) in [6, 6.07) is 11.1. The van der Waals surface area contributed by atoms with Crippen LogP contribution in [0, 0.1) is 6.92 Å². The van der Waals surface area contributed by atoms with Gasteiger partial charge in [0.15, 0.2) is 5.69 Å². The zero-order valence-electron chi connectivity index (χ0n) is 14.9. The van der Waals surface area contributed by atoms with Gasteiger partial charge in [-0.15, -0.1) is 0 Å². The molecule has 138 valence electrons. The Balaban J connectivity index is 1.47. The first-order valence-corrected chi connectivity index (χ1v) is 8.82. The molecule has 0 unspecified atom stereocenters. The van der Waals surface area contributed by atoms with Crippen molar-refractivity contribution in [1.82, 2.24) is 15.0 Å². The summed E-state index contributed by atoms with van der Waals surface area (Å²) in [5, 5.41) is 3.78. The Bertz CT molecular complexity index is 744. The van der Waals surface area contributed by atoms with Gasteiger partial charge in [-0.2, -0.15) is 0 Å². The molecule has 2 heterocycles. The lowest BCUT2D eigenvalue weighted by Crippen LogP contribution is -2.37. The summed E-state index contributed by atoms with van der Waals surface area (Å²) in [6.07, 6.45) is 1.07. The van der Waals surface area contributed by atoms with Crippen molar-refractivity contribution in [2.45, 2.75) is 19.8 Å². The molecule has 1 aliphatic rings. The minimum atomic E-state index is -0.149. The number of rotatable bonds is 5. The molecule has 26 heavy (non-hydrogen) atoms. The van der Waals surface area contributed by atoms with E-state index in [0.29, 0.717) is 50.7 Å². The van der Waals surface area contributed by atoms with Crippen LogP contribution in [0.4, 0.5) is 0 Å². The number of aryl methyl sites for hydroxylation is 1. The number of nitrogens with zero attached hydrogens (tertiary/aromatic N) is 3. The summed E-state index contributed by atoms with van der Waals surface area (Å²) in [5.41, 5.74) is 0.318. The van der Waals surface area contributed by atoms with Crippen molar-refractivity contribution in [3.05, 3.63) is 47.9 Å². The lowest BCUT2D eigenvalue weighted by molar-refractivity contribution is -0.131. The van der Waals surface area contributed by atoms with Crippen LogP contribution in [0.3, 0.4) is 0 Å². The van der Waals surface area contributed by atoms with E-state index < -0.39 is 0 Å². The molecule has 1 aliphatic heterocycles. The van der Waals surface area contributed by atoms with Gasteiger partial charge in [0.1, 0.15) is 11.5 Å². The van der Waals surface area contributed by atoms with Gasteiger partial charge in [0.25, 0.3) is 5.91 Å². The summed E-state index contributed by atoms with van der Waals surface area (Å²) in [7, 11) is 0. The van der Waals surface area contributed by atoms with Crippen molar-refractivity contribution in [3.8, 4) is 5.75 Å². The van der Waals surface area contributed by atoms with E-state index in [-0.39, 0.29) is 11.8 Å². The number of carbonyl (C=O) groups is 2. The third-order valence-electron chi connectivity index (χ3n) is 4.31. The number of aromatic nitrogens is 1. The van der Waals surface area contributed by atoms with Crippen LogP contribution in [0.2, 0.25) is 0 Å². The minimum absolute atomic E-state index is 0.0486. The molecule has 1 aromatic carbocycles. The Morgan fingerprint density at radius 3 is 2.58 bits per heavy atom. The first-order chi connectivity index (χ1) is 12.6. The Labute approximate surface area is 152 Å². The van der Waals surface area contributed by atoms with E-state index in [4.69, 9.17) is 9.26 Å². The molecular formula is C19H23N3O4. The van der Waals surface area contributed by atoms with Gasteiger partial charge in [-0.1, -0.05) is 23.4 Å². The molecule has 7 nitrogen and oxygen atoms in total. The fraction of sp³-hybridized carbons (Fsp3) is 0.421. The molecule has 1 fully saturated rings. The highest BCUT2D eigenvalue weighted by Crippen LogP contribution is 2.12. The van der Waals surface area contributed by atoms with Gasteiger partial charge in [-0.3, -0.25) is 9.59 Å². The average Bonchev–Trinajstić information content (AvgIpc) is 2.94. The molecule has 1 saturated heterocycles. The van der Waals surface area contributed by atoms with Crippen LogP contribution >= 0.6 is 0 Å². The molecule has 3 rings (SSSR count). The van der Waals surface area contributed by atoms with Crippen molar-refractivity contribution >= 4 is 11.8 Å². The van der Waals surface area contributed by atoms with Crippen LogP contribution in [0.15, 0.2) is 40.9 Å². The van der Waals surface area contributed by atoms with Crippen LogP contribution in [0.25, 0.3) is 0 Å². The van der Waals surface area contributed by atoms with E-state index in [9.17, 15) is 9.59 Å². The second kappa shape index (κ2) is 8.51. The SMILES string of the molecule is Cc1cc(C(=O)N2CCCN(C(=O)CCOc3ccccc3)CC2)no1. The van der Waals surface area contributed by atoms with Crippen molar-refractivity contribution in [2.24, 2.45) is 0 Å². The third kappa shape index (κ3) is 4.62. The van der Waals surface area contributed by atoms with Gasteiger partial charge in [-0.05, 0) is 25.5 Å². The third-order valence-corrected chi connectivity index (χ3v) is 4.31. The summed E-state index contributed by atoms with van der Waals surface area (Å²) >= 11 is 0. The van der Waals surface area contributed by atoms with Crippen LogP contribution in [-0.2, 0) is 4.79 Å². The van der Waals surface area contributed by atoms with E-state index in [2.05, 4.69) is 5.16 Å². The van der Waals surface area contributed by atoms with E-state index in [0.717, 1.165) is 12.2 Å². The zero-order valence-corrected chi connectivity index (χ0v) is 14.9. The topological polar surface area (TPSA) is 75.9 Å². The zero-order chi connectivity index (χ0) is 18.4. The molecule has 0 saturated carbocycles. The normalized spacial score (nSPS) is 14.8. The lowest BCUT2D eigenvalue weighted by Gasteiger charge is -2.21. The summed E-state index contributed by atoms with van der Waals surface area (Å²) < 4.78 is 10.6. The molecule has 0 spiro atoms. The van der Waals surface area contributed by atoms with E-state index in [1.807, 2.05) is 30.3 Å². The van der Waals surface area contributed by atoms with Crippen LogP contribution < -0.4 is 4.74 Å². The Kier molecular flexibility index (Phi) is 5.88. The first kappa shape index (κ1) is 18.0. The minimum Gasteiger partial charge on any atom is -0.493 e. The maximum Gasteiger partial charge on any atom is 0.276 e. The summed E-state index contributed by atoms with van der Waals surface area (Å²) in [5.74, 6) is 1.27. The van der Waals surface area contributed by atoms with Crippen molar-refractivity contribution < 1.29 is 18.8 Å². The second-order valence-electron chi connectivity index (χ2n) is 6.26. The number of amides is 2. The smallest absolute Gasteiger partial charge is 0.276 e. The fourth-order valence-corrected chi connectivity index (χ4v) is 2.93. The lowest BCUT2D eigenvalue weighted by atomic mass is 10.3. The molecule has 2 aromatic rings. The molecule has 7 heteroatoms. The van der Waals surface area contributed by atoms with E-state index in [1.54, 1.807) is 22.8 Å². The average molecular weight is 357 g/mol. The largest absolute Gasteiger partial charge is 0.493 e. The van der Waals surface area contributed by atoms with E-state index >= 15 is 0 Å². The van der Waals surface area contributed by atoms with Gasteiger partial charge in [0.2, 0.25) is 5.91 Å². The number of hydrogen-bond acceptors (Lipinski definition) is 5. The molecule has 2 amide bonds. The van der Waals surface area contributed by atoms with Gasteiger partial charge in [0, 0.05) is 32.2 Å². The van der Waals surface area contributed by atoms with Gasteiger partial charge >= 0.3 is 0 Å². The Morgan fingerprint density at radius 2 is 1.85 bits per heavy atom. The number of hydrogen-bond donors (Lipinski definition) is 0. The van der Waals surface area contributed by atoms with Crippen LogP contribution in [0.5, 0.6) is 5.75 Å². The molecule has 1 aromatic heterocycles. The monoisotopic (exact) mass is 357 g/mol. The van der Waals surface area contributed by atoms with Gasteiger partial charge in [0.05, 0.1) is 13.0 Å². The Hall–Kier alpha value is -2.83. The quantitative estimate of drug-likeness (QED) is 0.819. The van der Waals surface area contributed by atoms with Gasteiger partial charge in [-0.25, -0.2) is 0 Å². The fourth-order valence-electron chi connectivity index (χ4n) is 2.93. The maximum atomic E-state index is 12.5. The van der Waals surface area contributed by atoms with Crippen molar-refractivity contribution in [2.75, 3.05) is 32.8 Å². The molecular weight excluding hydrogens is 334 g/mol. The highest BCUT2D eigenvalue weighted by Gasteiger charge is 2.24. The van der Waals surface area contributed by atoms with Crippen LogP contribution in [-0.4, -0.2) is 59.6 Å². The summed E-state index contributed by atoms with van der Waals surface area (Å²) in [6.45, 7) is 4.37. The highest BCUT2D eigenvalue weighted by atomic mass is 16.5. The number of para-hydroxylation sites is 1. The van der Waals surface area contributed by atoms with Crippen LogP contribution in [0.1, 0.15) is 29.1 Å². The standard InChI is InChI=1S/C19H23N3O4/c1-15-14-17(20-26-15)19(24)22-10-5-9-21(11-12-22)18(23)8-13-25-16-6-3-2-4-7-16/h2-4,6-7,14H,5,8-13H2,1H3. The molecule has 0 N–H and O–H groups in total. The van der Waals surface area contributed by atoms with Gasteiger partial charge < -0.3 is 19.1 Å². The predicted molar refractivity (Wildman–Crippen MR) is 94.9 cm³/mol. The molecule has 0 atom stereocenters. The molecule has 0 aliphatic carbocycles. The highest BCUT2D eigenvalue weighted by molar-refractivity contribution is 5.92. The number of benzene rings is 1. The Morgan fingerprint density at radius 1 is 1.12 bits per heavy atom. The number of carbonyl (C=O) groups excluding carboxylic acids is 2. The molecule has 0 bridgehead atoms. The van der Waals surface area contributed by atoms with E-state index in [1.165, 1.54) is 0 Å². The maximum absolute atomic E-state index is 12.5. The predicted octanol–water partition coefficient (Wildman–Crippen LogP) is 2.13. The van der Waals surface area contributed by atoms with Crippen molar-refractivity contribution in [1.29, 1.82) is 0 Å².